The summed E-state index contributed by atoms with van der Waals surface area (Å²) in [6, 6.07) is -0.108. The third kappa shape index (κ3) is 1.70. The number of amides is 1. The molecule has 24 heavy (non-hydrogen) atoms. The zero-order valence-electron chi connectivity index (χ0n) is 14.5. The van der Waals surface area contributed by atoms with E-state index in [0.717, 1.165) is 44.9 Å². The lowest BCUT2D eigenvalue weighted by atomic mass is 9.69. The summed E-state index contributed by atoms with van der Waals surface area (Å²) >= 11 is 0. The van der Waals surface area contributed by atoms with Gasteiger partial charge in [-0.05, 0) is 56.3 Å². The molecule has 5 aliphatic rings. The SMILES string of the molecule is CC1(C)[C@@H]2CC[C@]13CS(=O)(=O)N(C(=O)[C@@H]1CC[C@H]4CC[C@@H]1O4)[C@@H]3C2. The van der Waals surface area contributed by atoms with Gasteiger partial charge in [-0.1, -0.05) is 13.8 Å². The van der Waals surface area contributed by atoms with Crippen LogP contribution in [0.5, 0.6) is 0 Å². The van der Waals surface area contributed by atoms with Crippen molar-refractivity contribution < 1.29 is 17.9 Å². The second kappa shape index (κ2) is 4.56. The molecule has 5 rings (SSSR count). The average molecular weight is 353 g/mol. The van der Waals surface area contributed by atoms with Crippen molar-refractivity contribution in [1.29, 1.82) is 0 Å². The number of carbonyl (C=O) groups is 1. The van der Waals surface area contributed by atoms with Crippen molar-refractivity contribution in [1.82, 2.24) is 4.31 Å². The van der Waals surface area contributed by atoms with Crippen molar-refractivity contribution >= 4 is 15.9 Å². The van der Waals surface area contributed by atoms with Crippen LogP contribution in [0.2, 0.25) is 0 Å². The Morgan fingerprint density at radius 2 is 1.88 bits per heavy atom. The van der Waals surface area contributed by atoms with Gasteiger partial charge < -0.3 is 4.74 Å². The molecule has 1 amide bonds. The van der Waals surface area contributed by atoms with Gasteiger partial charge >= 0.3 is 0 Å². The van der Waals surface area contributed by atoms with Crippen LogP contribution in [0.1, 0.15) is 58.8 Å². The Labute approximate surface area is 144 Å². The highest BCUT2D eigenvalue weighted by molar-refractivity contribution is 7.90. The lowest BCUT2D eigenvalue weighted by Crippen LogP contribution is -2.49. The smallest absolute Gasteiger partial charge is 0.242 e. The van der Waals surface area contributed by atoms with E-state index in [4.69, 9.17) is 4.74 Å². The van der Waals surface area contributed by atoms with E-state index in [9.17, 15) is 13.2 Å². The summed E-state index contributed by atoms with van der Waals surface area (Å²) in [5, 5.41) is 0. The molecule has 6 heteroatoms. The minimum Gasteiger partial charge on any atom is -0.374 e. The first-order valence-corrected chi connectivity index (χ1v) is 11.1. The molecule has 0 aromatic carbocycles. The van der Waals surface area contributed by atoms with Crippen LogP contribution in [0.15, 0.2) is 0 Å². The minimum absolute atomic E-state index is 0.0152. The number of nitrogens with zero attached hydrogens (tertiary/aromatic N) is 1. The maximum absolute atomic E-state index is 13.3. The second-order valence-electron chi connectivity index (χ2n) is 9.31. The van der Waals surface area contributed by atoms with Crippen LogP contribution in [0.25, 0.3) is 0 Å². The summed E-state index contributed by atoms with van der Waals surface area (Å²) in [7, 11) is -3.50. The molecule has 0 radical (unpaired) electrons. The van der Waals surface area contributed by atoms with Crippen LogP contribution in [0, 0.1) is 22.7 Å². The molecule has 5 nitrogen and oxygen atoms in total. The lowest BCUT2D eigenvalue weighted by molar-refractivity contribution is -0.142. The summed E-state index contributed by atoms with van der Waals surface area (Å²) in [6.45, 7) is 4.44. The van der Waals surface area contributed by atoms with E-state index in [1.54, 1.807) is 0 Å². The topological polar surface area (TPSA) is 63.7 Å². The zero-order chi connectivity index (χ0) is 16.9. The Balaban J connectivity index is 1.51. The van der Waals surface area contributed by atoms with Gasteiger partial charge in [0.2, 0.25) is 15.9 Å². The van der Waals surface area contributed by atoms with E-state index in [0.29, 0.717) is 12.0 Å². The lowest BCUT2D eigenvalue weighted by Gasteiger charge is -2.38. The molecule has 0 unspecified atom stereocenters. The molecule has 1 spiro atoms. The monoisotopic (exact) mass is 353 g/mol. The molecule has 0 N–H and O–H groups in total. The predicted octanol–water partition coefficient (Wildman–Crippen LogP) is 2.31. The molecule has 4 bridgehead atoms. The summed E-state index contributed by atoms with van der Waals surface area (Å²) in [6.07, 6.45) is 6.75. The first-order valence-electron chi connectivity index (χ1n) is 9.48. The van der Waals surface area contributed by atoms with Gasteiger partial charge in [0.15, 0.2) is 0 Å². The largest absolute Gasteiger partial charge is 0.374 e. The van der Waals surface area contributed by atoms with Crippen molar-refractivity contribution in [2.75, 3.05) is 5.75 Å². The maximum atomic E-state index is 13.3. The molecule has 2 saturated carbocycles. The fourth-order valence-electron chi connectivity index (χ4n) is 6.82. The van der Waals surface area contributed by atoms with Gasteiger partial charge in [0.05, 0.1) is 29.9 Å². The molecule has 5 fully saturated rings. The maximum Gasteiger partial charge on any atom is 0.242 e. The number of carbonyl (C=O) groups excluding carboxylic acids is 1. The number of hydrogen-bond acceptors (Lipinski definition) is 4. The highest BCUT2D eigenvalue weighted by Crippen LogP contribution is 2.70. The van der Waals surface area contributed by atoms with Crippen LogP contribution in [0.3, 0.4) is 0 Å². The van der Waals surface area contributed by atoms with Gasteiger partial charge in [0.25, 0.3) is 0 Å². The molecular weight excluding hydrogens is 326 g/mol. The van der Waals surface area contributed by atoms with E-state index in [1.165, 1.54) is 4.31 Å². The average Bonchev–Trinajstić information content (AvgIpc) is 3.13. The van der Waals surface area contributed by atoms with E-state index in [-0.39, 0.29) is 40.6 Å². The summed E-state index contributed by atoms with van der Waals surface area (Å²) in [5.41, 5.74) is -0.207. The standard InChI is InChI=1S/C18H27NO4S/c1-17(2)11-7-8-18(17)10-24(21,22)19(15(18)9-11)16(20)13-5-3-12-4-6-14(13)23-12/h11-15H,3-10H2,1-2H3/t11-,12+,13-,14+,15-,18-/m1/s1. The second-order valence-corrected chi connectivity index (χ2v) is 11.2. The first kappa shape index (κ1) is 15.6. The highest BCUT2D eigenvalue weighted by atomic mass is 32.2. The van der Waals surface area contributed by atoms with Crippen molar-refractivity contribution in [3.63, 3.8) is 0 Å². The Hall–Kier alpha value is -0.620. The van der Waals surface area contributed by atoms with Crippen molar-refractivity contribution in [2.24, 2.45) is 22.7 Å². The van der Waals surface area contributed by atoms with Crippen LogP contribution in [-0.4, -0.2) is 42.6 Å². The van der Waals surface area contributed by atoms with Crippen molar-refractivity contribution in [2.45, 2.75) is 77.0 Å². The van der Waals surface area contributed by atoms with Gasteiger partial charge in [0, 0.05) is 5.41 Å². The highest BCUT2D eigenvalue weighted by Gasteiger charge is 2.72. The third-order valence-electron chi connectivity index (χ3n) is 8.33. The van der Waals surface area contributed by atoms with Crippen LogP contribution in [0.4, 0.5) is 0 Å². The summed E-state index contributed by atoms with van der Waals surface area (Å²) in [5.74, 6) is 0.300. The van der Waals surface area contributed by atoms with E-state index < -0.39 is 10.0 Å². The quantitative estimate of drug-likeness (QED) is 0.726. The Kier molecular flexibility index (Phi) is 2.97. The van der Waals surface area contributed by atoms with Crippen LogP contribution in [-0.2, 0) is 19.6 Å². The van der Waals surface area contributed by atoms with Crippen LogP contribution >= 0.6 is 0 Å². The fourth-order valence-corrected chi connectivity index (χ4v) is 9.40. The van der Waals surface area contributed by atoms with Gasteiger partial charge in [-0.25, -0.2) is 12.7 Å². The Morgan fingerprint density at radius 1 is 1.12 bits per heavy atom. The van der Waals surface area contributed by atoms with Gasteiger partial charge in [-0.15, -0.1) is 0 Å². The van der Waals surface area contributed by atoms with Gasteiger partial charge in [-0.2, -0.15) is 0 Å². The number of fused-ring (bicyclic) bond motifs is 3. The molecule has 3 heterocycles. The molecule has 3 saturated heterocycles. The minimum atomic E-state index is -3.50. The fraction of sp³-hybridized carbons (Fsp3) is 0.944. The molecular formula is C18H27NO4S. The molecule has 134 valence electrons. The zero-order valence-corrected chi connectivity index (χ0v) is 15.3. The Morgan fingerprint density at radius 3 is 2.62 bits per heavy atom. The summed E-state index contributed by atoms with van der Waals surface area (Å²) in [4.78, 5) is 13.3. The summed E-state index contributed by atoms with van der Waals surface area (Å²) < 4.78 is 33.3. The van der Waals surface area contributed by atoms with Crippen molar-refractivity contribution in [3.8, 4) is 0 Å². The predicted molar refractivity (Wildman–Crippen MR) is 88.6 cm³/mol. The van der Waals surface area contributed by atoms with Crippen molar-refractivity contribution in [3.05, 3.63) is 0 Å². The van der Waals surface area contributed by atoms with Gasteiger partial charge in [0.1, 0.15) is 0 Å². The normalized spacial score (nSPS) is 50.2. The van der Waals surface area contributed by atoms with E-state index in [2.05, 4.69) is 13.8 Å². The number of rotatable bonds is 1. The third-order valence-corrected chi connectivity index (χ3v) is 10.2. The van der Waals surface area contributed by atoms with E-state index in [1.807, 2.05) is 0 Å². The number of hydrogen-bond donors (Lipinski definition) is 0. The number of ether oxygens (including phenoxy) is 1. The molecule has 2 aliphatic carbocycles. The van der Waals surface area contributed by atoms with Gasteiger partial charge in [-0.3, -0.25) is 4.79 Å². The van der Waals surface area contributed by atoms with E-state index >= 15 is 0 Å². The number of sulfonamides is 1. The van der Waals surface area contributed by atoms with Crippen LogP contribution < -0.4 is 0 Å². The first-order chi connectivity index (χ1) is 11.3. The molecule has 6 atom stereocenters. The molecule has 3 aliphatic heterocycles. The molecule has 0 aromatic heterocycles. The Bertz CT molecular complexity index is 702. The molecule has 0 aromatic rings.